The summed E-state index contributed by atoms with van der Waals surface area (Å²) >= 11 is 0. The molecule has 2 aromatic rings. The van der Waals surface area contributed by atoms with Crippen molar-refractivity contribution in [2.24, 2.45) is 0 Å². The van der Waals surface area contributed by atoms with E-state index in [1.807, 2.05) is 18.2 Å². The number of fused-ring (bicyclic) bond motifs is 1. The number of benzene rings is 2. The van der Waals surface area contributed by atoms with Crippen LogP contribution >= 0.6 is 0 Å². The Balaban J connectivity index is 1.33. The van der Waals surface area contributed by atoms with Crippen molar-refractivity contribution < 1.29 is 4.79 Å². The first-order valence-electron chi connectivity index (χ1n) is 9.61. The van der Waals surface area contributed by atoms with Crippen LogP contribution in [0.3, 0.4) is 0 Å². The van der Waals surface area contributed by atoms with Crippen LogP contribution in [0.4, 0.5) is 10.5 Å². The second kappa shape index (κ2) is 9.27. The Hall–Kier alpha value is -2.49. The van der Waals surface area contributed by atoms with E-state index in [-0.39, 0.29) is 6.03 Å². The molecule has 0 unspecified atom stereocenters. The fourth-order valence-electron chi connectivity index (χ4n) is 3.52. The Bertz CT molecular complexity index is 715. The van der Waals surface area contributed by atoms with Crippen LogP contribution in [0.25, 0.3) is 0 Å². The van der Waals surface area contributed by atoms with E-state index >= 15 is 0 Å². The average molecular weight is 351 g/mol. The van der Waals surface area contributed by atoms with Crippen molar-refractivity contribution in [3.8, 4) is 0 Å². The summed E-state index contributed by atoms with van der Waals surface area (Å²) in [4.78, 5) is 14.2. The molecule has 1 aliphatic heterocycles. The standard InChI is InChI=1S/C22H29N3O/c1-25-16-6-10-20-17-19(11-12-21(20)25)13-15-24-22(26)23-14-5-9-18-7-3-2-4-8-18/h2-4,7-8,11-12,17H,5-6,9-10,13-16H2,1H3,(H2,23,24,26). The molecular weight excluding hydrogens is 322 g/mol. The number of hydrogen-bond donors (Lipinski definition) is 2. The lowest BCUT2D eigenvalue weighted by atomic mass is 9.98. The minimum atomic E-state index is -0.0734. The molecule has 2 amide bonds. The molecule has 0 atom stereocenters. The van der Waals surface area contributed by atoms with Crippen LogP contribution in [0.1, 0.15) is 29.5 Å². The van der Waals surface area contributed by atoms with Gasteiger partial charge in [-0.1, -0.05) is 42.5 Å². The molecule has 2 N–H and O–H groups in total. The van der Waals surface area contributed by atoms with Crippen LogP contribution < -0.4 is 15.5 Å². The Labute approximate surface area is 156 Å². The summed E-state index contributed by atoms with van der Waals surface area (Å²) in [6.07, 6.45) is 5.19. The maximum absolute atomic E-state index is 11.9. The zero-order valence-corrected chi connectivity index (χ0v) is 15.6. The van der Waals surface area contributed by atoms with Gasteiger partial charge in [0.25, 0.3) is 0 Å². The van der Waals surface area contributed by atoms with Crippen molar-refractivity contribution in [2.45, 2.75) is 32.1 Å². The molecule has 2 aromatic carbocycles. The van der Waals surface area contributed by atoms with Gasteiger partial charge in [-0.25, -0.2) is 4.79 Å². The number of nitrogens with zero attached hydrogens (tertiary/aromatic N) is 1. The zero-order valence-electron chi connectivity index (χ0n) is 15.6. The summed E-state index contributed by atoms with van der Waals surface area (Å²) in [5, 5.41) is 5.90. The Kier molecular flexibility index (Phi) is 6.53. The number of carbonyl (C=O) groups is 1. The molecule has 0 saturated carbocycles. The number of anilines is 1. The summed E-state index contributed by atoms with van der Waals surface area (Å²) in [7, 11) is 2.15. The van der Waals surface area contributed by atoms with Gasteiger partial charge in [0, 0.05) is 32.4 Å². The number of aryl methyl sites for hydroxylation is 2. The van der Waals surface area contributed by atoms with Crippen LogP contribution in [0.2, 0.25) is 0 Å². The molecule has 0 aromatic heterocycles. The summed E-state index contributed by atoms with van der Waals surface area (Å²) in [5.41, 5.74) is 5.39. The normalized spacial score (nSPS) is 13.2. The van der Waals surface area contributed by atoms with E-state index in [0.29, 0.717) is 13.1 Å². The number of urea groups is 1. The predicted molar refractivity (Wildman–Crippen MR) is 108 cm³/mol. The van der Waals surface area contributed by atoms with Gasteiger partial charge in [-0.3, -0.25) is 0 Å². The van der Waals surface area contributed by atoms with Crippen LogP contribution in [0.5, 0.6) is 0 Å². The fraction of sp³-hybridized carbons (Fsp3) is 0.409. The van der Waals surface area contributed by atoms with Gasteiger partial charge in [-0.2, -0.15) is 0 Å². The summed E-state index contributed by atoms with van der Waals surface area (Å²) in [6, 6.07) is 17.0. The first-order chi connectivity index (χ1) is 12.7. The number of amides is 2. The molecule has 0 bridgehead atoms. The Morgan fingerprint density at radius 2 is 1.81 bits per heavy atom. The van der Waals surface area contributed by atoms with E-state index < -0.39 is 0 Å². The highest BCUT2D eigenvalue weighted by Crippen LogP contribution is 2.26. The molecule has 26 heavy (non-hydrogen) atoms. The first-order valence-corrected chi connectivity index (χ1v) is 9.61. The second-order valence-corrected chi connectivity index (χ2v) is 7.01. The number of carbonyl (C=O) groups excluding carboxylic acids is 1. The highest BCUT2D eigenvalue weighted by atomic mass is 16.2. The third-order valence-electron chi connectivity index (χ3n) is 4.96. The largest absolute Gasteiger partial charge is 0.374 e. The first kappa shape index (κ1) is 18.3. The zero-order chi connectivity index (χ0) is 18.2. The van der Waals surface area contributed by atoms with Crippen molar-refractivity contribution >= 4 is 11.7 Å². The lowest BCUT2D eigenvalue weighted by Crippen LogP contribution is -2.37. The van der Waals surface area contributed by atoms with Crippen molar-refractivity contribution in [2.75, 3.05) is 31.6 Å². The summed E-state index contributed by atoms with van der Waals surface area (Å²) in [5.74, 6) is 0. The predicted octanol–water partition coefficient (Wildman–Crippen LogP) is 3.54. The maximum Gasteiger partial charge on any atom is 0.314 e. The van der Waals surface area contributed by atoms with Crippen molar-refractivity contribution in [3.05, 3.63) is 65.2 Å². The van der Waals surface area contributed by atoms with E-state index in [4.69, 9.17) is 0 Å². The Morgan fingerprint density at radius 3 is 2.65 bits per heavy atom. The minimum Gasteiger partial charge on any atom is -0.374 e. The van der Waals surface area contributed by atoms with Gasteiger partial charge in [0.1, 0.15) is 0 Å². The van der Waals surface area contributed by atoms with Gasteiger partial charge in [0.2, 0.25) is 0 Å². The molecule has 1 heterocycles. The number of nitrogens with one attached hydrogen (secondary N) is 2. The molecule has 0 aliphatic carbocycles. The molecule has 0 spiro atoms. The highest BCUT2D eigenvalue weighted by Gasteiger charge is 2.13. The van der Waals surface area contributed by atoms with E-state index in [1.54, 1.807) is 0 Å². The fourth-order valence-corrected chi connectivity index (χ4v) is 3.52. The summed E-state index contributed by atoms with van der Waals surface area (Å²) in [6.45, 7) is 2.50. The van der Waals surface area contributed by atoms with Gasteiger partial charge < -0.3 is 15.5 Å². The smallest absolute Gasteiger partial charge is 0.314 e. The van der Waals surface area contributed by atoms with Gasteiger partial charge in [0.15, 0.2) is 0 Å². The molecule has 4 heteroatoms. The molecule has 0 radical (unpaired) electrons. The van der Waals surface area contributed by atoms with E-state index in [2.05, 4.69) is 52.9 Å². The Morgan fingerprint density at radius 1 is 1.00 bits per heavy atom. The van der Waals surface area contributed by atoms with Crippen molar-refractivity contribution in [1.29, 1.82) is 0 Å². The molecule has 1 aliphatic rings. The molecule has 0 saturated heterocycles. The van der Waals surface area contributed by atoms with Crippen LogP contribution in [-0.2, 0) is 19.3 Å². The molecule has 0 fully saturated rings. The average Bonchev–Trinajstić information content (AvgIpc) is 2.66. The molecule has 4 nitrogen and oxygen atoms in total. The van der Waals surface area contributed by atoms with Crippen molar-refractivity contribution in [1.82, 2.24) is 10.6 Å². The second-order valence-electron chi connectivity index (χ2n) is 7.01. The third-order valence-corrected chi connectivity index (χ3v) is 4.96. The van der Waals surface area contributed by atoms with Crippen LogP contribution in [0, 0.1) is 0 Å². The topological polar surface area (TPSA) is 44.4 Å². The summed E-state index contributed by atoms with van der Waals surface area (Å²) < 4.78 is 0. The highest BCUT2D eigenvalue weighted by molar-refractivity contribution is 5.73. The van der Waals surface area contributed by atoms with E-state index in [9.17, 15) is 4.79 Å². The molecule has 3 rings (SSSR count). The quantitative estimate of drug-likeness (QED) is 0.750. The van der Waals surface area contributed by atoms with Crippen LogP contribution in [0.15, 0.2) is 48.5 Å². The number of hydrogen-bond acceptors (Lipinski definition) is 2. The van der Waals surface area contributed by atoms with E-state index in [1.165, 1.54) is 28.8 Å². The van der Waals surface area contributed by atoms with Crippen LogP contribution in [-0.4, -0.2) is 32.7 Å². The maximum atomic E-state index is 11.9. The number of rotatable bonds is 7. The monoisotopic (exact) mass is 351 g/mol. The third kappa shape index (κ3) is 5.25. The van der Waals surface area contributed by atoms with Gasteiger partial charge in [0.05, 0.1) is 0 Å². The van der Waals surface area contributed by atoms with Gasteiger partial charge in [-0.15, -0.1) is 0 Å². The van der Waals surface area contributed by atoms with Gasteiger partial charge in [-0.05, 0) is 54.9 Å². The SMILES string of the molecule is CN1CCCc2cc(CCNC(=O)NCCCc3ccccc3)ccc21. The lowest BCUT2D eigenvalue weighted by molar-refractivity contribution is 0.241. The van der Waals surface area contributed by atoms with E-state index in [0.717, 1.165) is 32.2 Å². The molecular formula is C22H29N3O. The lowest BCUT2D eigenvalue weighted by Gasteiger charge is -2.27. The molecule has 138 valence electrons. The van der Waals surface area contributed by atoms with Gasteiger partial charge >= 0.3 is 6.03 Å². The van der Waals surface area contributed by atoms with Crippen molar-refractivity contribution in [3.63, 3.8) is 0 Å². The minimum absolute atomic E-state index is 0.0734.